The molecule has 0 N–H and O–H groups in total. The Kier molecular flexibility index (Phi) is 6.39. The molecule has 2 heteroatoms. The number of hydrogen-bond acceptors (Lipinski definition) is 2. The van der Waals surface area contributed by atoms with Gasteiger partial charge in [0, 0.05) is 30.3 Å². The second kappa shape index (κ2) is 7.61. The van der Waals surface area contributed by atoms with Crippen LogP contribution in [-0.2, 0) is 6.42 Å². The molecular weight excluding hydrogens is 214 g/mol. The highest BCUT2D eigenvalue weighted by molar-refractivity contribution is 7.99. The average molecular weight is 237 g/mol. The fraction of sp³-hybridized carbons (Fsp3) is 0.571. The van der Waals surface area contributed by atoms with Crippen LogP contribution in [0.4, 0.5) is 5.69 Å². The van der Waals surface area contributed by atoms with Crippen molar-refractivity contribution in [1.82, 2.24) is 0 Å². The zero-order valence-electron chi connectivity index (χ0n) is 10.7. The number of rotatable bonds is 2. The first-order chi connectivity index (χ1) is 7.90. The van der Waals surface area contributed by atoms with Gasteiger partial charge in [0.2, 0.25) is 0 Å². The van der Waals surface area contributed by atoms with Crippen LogP contribution in [0.1, 0.15) is 26.3 Å². The molecule has 1 aliphatic heterocycles. The first kappa shape index (κ1) is 13.4. The molecule has 0 radical (unpaired) electrons. The molecule has 0 atom stereocenters. The molecule has 1 aromatic carbocycles. The van der Waals surface area contributed by atoms with Gasteiger partial charge >= 0.3 is 0 Å². The highest BCUT2D eigenvalue weighted by Gasteiger charge is 2.10. The molecule has 1 nitrogen and oxygen atoms in total. The fourth-order valence-electron chi connectivity index (χ4n) is 1.79. The smallest absolute Gasteiger partial charge is 0.0369 e. The lowest BCUT2D eigenvalue weighted by Crippen LogP contribution is -2.32. The number of hydrogen-bond donors (Lipinski definition) is 0. The van der Waals surface area contributed by atoms with Gasteiger partial charge in [0.15, 0.2) is 0 Å². The van der Waals surface area contributed by atoms with Gasteiger partial charge in [-0.2, -0.15) is 11.8 Å². The van der Waals surface area contributed by atoms with E-state index in [0.29, 0.717) is 0 Å². The number of anilines is 1. The van der Waals surface area contributed by atoms with Crippen molar-refractivity contribution in [2.24, 2.45) is 0 Å². The summed E-state index contributed by atoms with van der Waals surface area (Å²) in [7, 11) is 0. The first-order valence-electron chi connectivity index (χ1n) is 6.32. The first-order valence-corrected chi connectivity index (χ1v) is 7.47. The average Bonchev–Trinajstić information content (AvgIpc) is 2.42. The van der Waals surface area contributed by atoms with Gasteiger partial charge in [0.1, 0.15) is 0 Å². The van der Waals surface area contributed by atoms with Crippen LogP contribution >= 0.6 is 11.8 Å². The largest absolute Gasteiger partial charge is 0.370 e. The Morgan fingerprint density at radius 1 is 1.19 bits per heavy atom. The molecule has 0 spiro atoms. The van der Waals surface area contributed by atoms with Crippen LogP contribution in [0.5, 0.6) is 0 Å². The van der Waals surface area contributed by atoms with Gasteiger partial charge in [0.25, 0.3) is 0 Å². The molecule has 1 heterocycles. The van der Waals surface area contributed by atoms with E-state index in [2.05, 4.69) is 47.9 Å². The lowest BCUT2D eigenvalue weighted by atomic mass is 10.1. The minimum atomic E-state index is 1.14. The molecule has 1 fully saturated rings. The lowest BCUT2D eigenvalue weighted by molar-refractivity contribution is 0.857. The van der Waals surface area contributed by atoms with Crippen LogP contribution in [0, 0.1) is 0 Å². The maximum Gasteiger partial charge on any atom is 0.0369 e. The quantitative estimate of drug-likeness (QED) is 0.769. The van der Waals surface area contributed by atoms with Gasteiger partial charge in [-0.05, 0) is 24.1 Å². The van der Waals surface area contributed by atoms with Crippen molar-refractivity contribution < 1.29 is 0 Å². The van der Waals surface area contributed by atoms with Crippen LogP contribution in [0.2, 0.25) is 0 Å². The molecule has 1 aromatic rings. The van der Waals surface area contributed by atoms with Gasteiger partial charge in [-0.15, -0.1) is 0 Å². The van der Waals surface area contributed by atoms with Gasteiger partial charge in [-0.25, -0.2) is 0 Å². The Hall–Kier alpha value is -0.630. The second-order valence-electron chi connectivity index (χ2n) is 3.62. The van der Waals surface area contributed by atoms with Crippen molar-refractivity contribution in [3.63, 3.8) is 0 Å². The predicted molar refractivity (Wildman–Crippen MR) is 76.7 cm³/mol. The lowest BCUT2D eigenvalue weighted by Gasteiger charge is -2.28. The minimum absolute atomic E-state index is 1.14. The summed E-state index contributed by atoms with van der Waals surface area (Å²) < 4.78 is 0. The molecule has 0 aromatic heterocycles. The van der Waals surface area contributed by atoms with E-state index in [1.165, 1.54) is 35.8 Å². The van der Waals surface area contributed by atoms with E-state index in [1.54, 1.807) is 0 Å². The van der Waals surface area contributed by atoms with Crippen molar-refractivity contribution in [3.05, 3.63) is 29.8 Å². The van der Waals surface area contributed by atoms with Gasteiger partial charge < -0.3 is 4.90 Å². The standard InChI is InChI=1S/C12H17NS.C2H6/c1-2-11-4-3-5-12(10-11)13-6-8-14-9-7-13;1-2/h3-5,10H,2,6-9H2,1H3;1-2H3. The highest BCUT2D eigenvalue weighted by Crippen LogP contribution is 2.20. The zero-order chi connectivity index (χ0) is 11.8. The van der Waals surface area contributed by atoms with E-state index in [9.17, 15) is 0 Å². The van der Waals surface area contributed by atoms with Crippen molar-refractivity contribution in [2.75, 3.05) is 29.5 Å². The Morgan fingerprint density at radius 2 is 1.88 bits per heavy atom. The molecule has 1 aliphatic rings. The summed E-state index contributed by atoms with van der Waals surface area (Å²) in [6.45, 7) is 8.63. The third kappa shape index (κ3) is 3.75. The molecule has 0 bridgehead atoms. The SMILES string of the molecule is CC.CCc1cccc(N2CCSCC2)c1. The summed E-state index contributed by atoms with van der Waals surface area (Å²) in [5.74, 6) is 2.55. The summed E-state index contributed by atoms with van der Waals surface area (Å²) in [5.41, 5.74) is 2.85. The number of nitrogens with zero attached hydrogens (tertiary/aromatic N) is 1. The predicted octanol–water partition coefficient (Wildman–Crippen LogP) is 3.83. The summed E-state index contributed by atoms with van der Waals surface area (Å²) in [4.78, 5) is 2.50. The van der Waals surface area contributed by atoms with Crippen molar-refractivity contribution in [1.29, 1.82) is 0 Å². The zero-order valence-corrected chi connectivity index (χ0v) is 11.5. The number of thioether (sulfide) groups is 1. The molecule has 0 aliphatic carbocycles. The molecule has 1 saturated heterocycles. The summed E-state index contributed by atoms with van der Waals surface area (Å²) >= 11 is 2.06. The second-order valence-corrected chi connectivity index (χ2v) is 4.85. The van der Waals surface area contributed by atoms with E-state index in [1.807, 2.05) is 13.8 Å². The number of aryl methyl sites for hydroxylation is 1. The molecule has 0 saturated carbocycles. The number of benzene rings is 1. The maximum absolute atomic E-state index is 2.50. The Bertz CT molecular complexity index is 293. The maximum atomic E-state index is 2.50. The molecule has 90 valence electrons. The third-order valence-electron chi connectivity index (χ3n) is 2.70. The molecule has 16 heavy (non-hydrogen) atoms. The van der Waals surface area contributed by atoms with E-state index >= 15 is 0 Å². The molecule has 2 rings (SSSR count). The summed E-state index contributed by atoms with van der Waals surface area (Å²) in [6.07, 6.45) is 1.14. The van der Waals surface area contributed by atoms with Crippen LogP contribution in [0.15, 0.2) is 24.3 Å². The van der Waals surface area contributed by atoms with E-state index in [0.717, 1.165) is 6.42 Å². The topological polar surface area (TPSA) is 3.24 Å². The molecule has 0 amide bonds. The van der Waals surface area contributed by atoms with Crippen LogP contribution < -0.4 is 4.90 Å². The van der Waals surface area contributed by atoms with Gasteiger partial charge in [-0.1, -0.05) is 32.9 Å². The van der Waals surface area contributed by atoms with Crippen LogP contribution in [0.25, 0.3) is 0 Å². The Morgan fingerprint density at radius 3 is 2.50 bits per heavy atom. The third-order valence-corrected chi connectivity index (χ3v) is 3.64. The Balaban J connectivity index is 0.000000606. The van der Waals surface area contributed by atoms with Gasteiger partial charge in [-0.3, -0.25) is 0 Å². The van der Waals surface area contributed by atoms with Crippen molar-refractivity contribution >= 4 is 17.4 Å². The van der Waals surface area contributed by atoms with Crippen molar-refractivity contribution in [2.45, 2.75) is 27.2 Å². The summed E-state index contributed by atoms with van der Waals surface area (Å²) in [6, 6.07) is 8.95. The van der Waals surface area contributed by atoms with Crippen molar-refractivity contribution in [3.8, 4) is 0 Å². The van der Waals surface area contributed by atoms with E-state index in [4.69, 9.17) is 0 Å². The van der Waals surface area contributed by atoms with Gasteiger partial charge in [0.05, 0.1) is 0 Å². The summed E-state index contributed by atoms with van der Waals surface area (Å²) in [5, 5.41) is 0. The highest BCUT2D eigenvalue weighted by atomic mass is 32.2. The minimum Gasteiger partial charge on any atom is -0.370 e. The van der Waals surface area contributed by atoms with E-state index in [-0.39, 0.29) is 0 Å². The van der Waals surface area contributed by atoms with Crippen LogP contribution in [0.3, 0.4) is 0 Å². The Labute approximate surface area is 104 Å². The fourth-order valence-corrected chi connectivity index (χ4v) is 2.70. The normalized spacial score (nSPS) is 15.3. The van der Waals surface area contributed by atoms with Crippen LogP contribution in [-0.4, -0.2) is 24.6 Å². The van der Waals surface area contributed by atoms with E-state index < -0.39 is 0 Å². The molecular formula is C14H23NS. The monoisotopic (exact) mass is 237 g/mol. The molecule has 0 unspecified atom stereocenters.